The Hall–Kier alpha value is -2.96. The molecule has 3 rings (SSSR count). The molecule has 1 aromatic heterocycles. The number of aromatic nitrogens is 1. The van der Waals surface area contributed by atoms with E-state index in [-0.39, 0.29) is 25.5 Å². The van der Waals surface area contributed by atoms with Gasteiger partial charge in [0.05, 0.1) is 22.2 Å². The number of amides is 1. The average Bonchev–Trinajstić information content (AvgIpc) is 3.04. The van der Waals surface area contributed by atoms with Gasteiger partial charge in [0.15, 0.2) is 10.6 Å². The molecule has 0 unspecified atom stereocenters. The largest absolute Gasteiger partial charge is 0.468 e. The molecule has 0 aliphatic heterocycles. The molecule has 2 aromatic carbocycles. The Labute approximate surface area is 180 Å². The van der Waals surface area contributed by atoms with Gasteiger partial charge in [-0.05, 0) is 30.3 Å². The van der Waals surface area contributed by atoms with E-state index >= 15 is 0 Å². The minimum Gasteiger partial charge on any atom is -0.468 e. The van der Waals surface area contributed by atoms with E-state index in [1.54, 1.807) is 0 Å². The molecule has 164 valence electrons. The van der Waals surface area contributed by atoms with E-state index in [0.29, 0.717) is 6.07 Å². The molecule has 0 saturated heterocycles. The second-order valence-electron chi connectivity index (χ2n) is 6.51. The molecule has 0 spiro atoms. The lowest BCUT2D eigenvalue weighted by atomic mass is 10.2. The van der Waals surface area contributed by atoms with Crippen LogP contribution in [0.4, 0.5) is 8.78 Å². The molecule has 0 saturated carbocycles. The molecule has 0 fully saturated rings. The Balaban J connectivity index is 2.09. The first kappa shape index (κ1) is 22.7. The number of carbonyl (C=O) groups excluding carboxylic acids is 2. The molecule has 0 bridgehead atoms. The first-order chi connectivity index (χ1) is 14.5. The fourth-order valence-electron chi connectivity index (χ4n) is 2.69. The van der Waals surface area contributed by atoms with Crippen molar-refractivity contribution >= 4 is 43.5 Å². The van der Waals surface area contributed by atoms with E-state index in [9.17, 15) is 26.8 Å². The summed E-state index contributed by atoms with van der Waals surface area (Å²) in [6.07, 6.45) is 0. The Bertz CT molecular complexity index is 1340. The van der Waals surface area contributed by atoms with Gasteiger partial charge >= 0.3 is 5.97 Å². The molecule has 1 amide bonds. The van der Waals surface area contributed by atoms with Gasteiger partial charge in [-0.2, -0.15) is 4.99 Å². The Morgan fingerprint density at radius 2 is 1.81 bits per heavy atom. The van der Waals surface area contributed by atoms with Gasteiger partial charge in [-0.15, -0.1) is 0 Å². The van der Waals surface area contributed by atoms with Gasteiger partial charge in [0.2, 0.25) is 10.0 Å². The number of methoxy groups -OCH3 is 1. The third-order valence-corrected chi connectivity index (χ3v) is 7.14. The first-order valence-corrected chi connectivity index (χ1v) is 11.0. The Kier molecular flexibility index (Phi) is 6.34. The summed E-state index contributed by atoms with van der Waals surface area (Å²) in [4.78, 5) is 28.3. The maximum absolute atomic E-state index is 14.4. The summed E-state index contributed by atoms with van der Waals surface area (Å²) >= 11 is 0.824. The molecule has 0 N–H and O–H groups in total. The Morgan fingerprint density at radius 1 is 1.16 bits per heavy atom. The highest BCUT2D eigenvalue weighted by molar-refractivity contribution is 7.89. The predicted octanol–water partition coefficient (Wildman–Crippen LogP) is 2.15. The minimum atomic E-state index is -3.67. The minimum absolute atomic E-state index is 0.00536. The number of rotatable bonds is 5. The number of ether oxygens (including phenoxy) is 1. The first-order valence-electron chi connectivity index (χ1n) is 8.71. The second-order valence-corrected chi connectivity index (χ2v) is 9.67. The third kappa shape index (κ3) is 4.55. The van der Waals surface area contributed by atoms with E-state index in [0.717, 1.165) is 33.4 Å². The van der Waals surface area contributed by atoms with Crippen LogP contribution in [0, 0.1) is 11.6 Å². The summed E-state index contributed by atoms with van der Waals surface area (Å²) < 4.78 is 59.2. The van der Waals surface area contributed by atoms with Crippen LogP contribution in [0.2, 0.25) is 0 Å². The molecular weight excluding hydrogens is 452 g/mol. The number of hydrogen-bond acceptors (Lipinski definition) is 6. The molecule has 0 aliphatic rings. The van der Waals surface area contributed by atoms with Crippen molar-refractivity contribution in [3.8, 4) is 0 Å². The van der Waals surface area contributed by atoms with Crippen molar-refractivity contribution in [2.45, 2.75) is 11.4 Å². The number of nitrogens with zero attached hydrogens (tertiary/aromatic N) is 3. The number of benzene rings is 2. The van der Waals surface area contributed by atoms with Crippen molar-refractivity contribution in [2.24, 2.45) is 4.99 Å². The monoisotopic (exact) mass is 469 g/mol. The van der Waals surface area contributed by atoms with Gasteiger partial charge in [-0.1, -0.05) is 11.3 Å². The van der Waals surface area contributed by atoms with E-state index in [4.69, 9.17) is 0 Å². The van der Waals surface area contributed by atoms with Gasteiger partial charge < -0.3 is 9.30 Å². The number of fused-ring (bicyclic) bond motifs is 1. The van der Waals surface area contributed by atoms with E-state index in [2.05, 4.69) is 9.73 Å². The topological polar surface area (TPSA) is 98.0 Å². The summed E-state index contributed by atoms with van der Waals surface area (Å²) in [5.74, 6) is -3.19. The predicted molar refractivity (Wildman–Crippen MR) is 109 cm³/mol. The van der Waals surface area contributed by atoms with Crippen LogP contribution < -0.4 is 4.80 Å². The number of sulfonamides is 1. The van der Waals surface area contributed by atoms with Crippen LogP contribution in [0.25, 0.3) is 10.2 Å². The van der Waals surface area contributed by atoms with Crippen molar-refractivity contribution < 1.29 is 31.5 Å². The highest BCUT2D eigenvalue weighted by Crippen LogP contribution is 2.22. The molecule has 0 radical (unpaired) electrons. The van der Waals surface area contributed by atoms with Crippen LogP contribution in [0.15, 0.2) is 46.3 Å². The van der Waals surface area contributed by atoms with Crippen LogP contribution in [0.1, 0.15) is 10.4 Å². The van der Waals surface area contributed by atoms with E-state index in [1.165, 1.54) is 38.4 Å². The molecule has 3 aromatic rings. The number of esters is 1. The normalized spacial score (nSPS) is 12.5. The lowest BCUT2D eigenvalue weighted by Gasteiger charge is -2.11. The smallest absolute Gasteiger partial charge is 0.325 e. The molecule has 0 aliphatic carbocycles. The summed E-state index contributed by atoms with van der Waals surface area (Å²) in [6, 6.07) is 6.85. The van der Waals surface area contributed by atoms with Crippen LogP contribution in [-0.4, -0.2) is 50.4 Å². The van der Waals surface area contributed by atoms with Crippen molar-refractivity contribution in [2.75, 3.05) is 21.2 Å². The number of hydrogen-bond donors (Lipinski definition) is 0. The van der Waals surface area contributed by atoms with Gasteiger partial charge in [0.25, 0.3) is 5.91 Å². The maximum Gasteiger partial charge on any atom is 0.325 e. The summed E-state index contributed by atoms with van der Waals surface area (Å²) in [7, 11) is 0.249. The number of thiazole rings is 1. The zero-order valence-corrected chi connectivity index (χ0v) is 18.3. The summed E-state index contributed by atoms with van der Waals surface area (Å²) in [5.41, 5.74) is -0.0118. The standard InChI is InChI=1S/C19H17F2N3O5S2/c1-23(2)31(27,28)13-6-4-11(5-7-13)18(26)22-19-24(10-16(25)29-3)17-14(21)8-12(20)9-15(17)30-19/h4-9H,10H2,1-3H3. The van der Waals surface area contributed by atoms with Crippen molar-refractivity contribution in [3.05, 3.63) is 58.4 Å². The highest BCUT2D eigenvalue weighted by atomic mass is 32.2. The number of carbonyl (C=O) groups is 2. The molecule has 8 nitrogen and oxygen atoms in total. The molecule has 12 heteroatoms. The summed E-state index contributed by atoms with van der Waals surface area (Å²) in [5, 5.41) is 0. The Morgan fingerprint density at radius 3 is 2.39 bits per heavy atom. The summed E-state index contributed by atoms with van der Waals surface area (Å²) in [6.45, 7) is -0.439. The van der Waals surface area contributed by atoms with Crippen LogP contribution in [0.5, 0.6) is 0 Å². The van der Waals surface area contributed by atoms with Gasteiger partial charge in [0, 0.05) is 25.7 Å². The van der Waals surface area contributed by atoms with Crippen molar-refractivity contribution in [1.82, 2.24) is 8.87 Å². The van der Waals surface area contributed by atoms with Crippen molar-refractivity contribution in [1.29, 1.82) is 0 Å². The SMILES string of the molecule is COC(=O)Cn1c(=NC(=O)c2ccc(S(=O)(=O)N(C)C)cc2)sc2cc(F)cc(F)c21. The van der Waals surface area contributed by atoms with Crippen molar-refractivity contribution in [3.63, 3.8) is 0 Å². The van der Waals surface area contributed by atoms with E-state index in [1.807, 2.05) is 0 Å². The fraction of sp³-hybridized carbons (Fsp3) is 0.211. The quantitative estimate of drug-likeness (QED) is 0.534. The third-order valence-electron chi connectivity index (χ3n) is 4.29. The van der Waals surface area contributed by atoms with Crippen LogP contribution in [0.3, 0.4) is 0 Å². The van der Waals surface area contributed by atoms with Crippen LogP contribution in [-0.2, 0) is 26.1 Å². The van der Waals surface area contributed by atoms with E-state index < -0.39 is 40.1 Å². The van der Waals surface area contributed by atoms with Gasteiger partial charge in [0.1, 0.15) is 12.4 Å². The average molecular weight is 469 g/mol. The second kappa shape index (κ2) is 8.65. The number of halogens is 2. The molecular formula is C19H17F2N3O5S2. The zero-order valence-electron chi connectivity index (χ0n) is 16.6. The lowest BCUT2D eigenvalue weighted by Crippen LogP contribution is -2.23. The zero-order chi connectivity index (χ0) is 22.9. The molecule has 0 atom stereocenters. The maximum atomic E-state index is 14.4. The molecule has 1 heterocycles. The van der Waals surface area contributed by atoms with Gasteiger partial charge in [-0.25, -0.2) is 21.5 Å². The lowest BCUT2D eigenvalue weighted by molar-refractivity contribution is -0.141. The van der Waals surface area contributed by atoms with Crippen LogP contribution >= 0.6 is 11.3 Å². The molecule has 31 heavy (non-hydrogen) atoms. The fourth-order valence-corrected chi connectivity index (χ4v) is 4.66. The van der Waals surface area contributed by atoms with Gasteiger partial charge in [-0.3, -0.25) is 9.59 Å². The highest BCUT2D eigenvalue weighted by Gasteiger charge is 2.19.